The summed E-state index contributed by atoms with van der Waals surface area (Å²) in [5, 5.41) is 9.83. The van der Waals surface area contributed by atoms with Crippen molar-refractivity contribution < 1.29 is 9.13 Å². The van der Waals surface area contributed by atoms with Gasteiger partial charge in [0.15, 0.2) is 5.16 Å². The quantitative estimate of drug-likeness (QED) is 0.483. The molecule has 1 atom stereocenters. The number of benzene rings is 1. The predicted molar refractivity (Wildman–Crippen MR) is 114 cm³/mol. The van der Waals surface area contributed by atoms with Gasteiger partial charge in [0.05, 0.1) is 24.9 Å². The number of halogens is 1. The fourth-order valence-electron chi connectivity index (χ4n) is 3.54. The average molecular weight is 428 g/mol. The summed E-state index contributed by atoms with van der Waals surface area (Å²) in [6, 6.07) is 12.6. The first-order chi connectivity index (χ1) is 14.7. The van der Waals surface area contributed by atoms with Gasteiger partial charge in [0, 0.05) is 25.1 Å². The van der Waals surface area contributed by atoms with E-state index in [1.807, 2.05) is 43.6 Å². The summed E-state index contributed by atoms with van der Waals surface area (Å²) in [5.41, 5.74) is 2.08. The van der Waals surface area contributed by atoms with Crippen LogP contribution in [0.2, 0.25) is 0 Å². The van der Waals surface area contributed by atoms with Gasteiger partial charge in [-0.05, 0) is 49.7 Å². The molecule has 4 rings (SSSR count). The molecule has 0 spiro atoms. The summed E-state index contributed by atoms with van der Waals surface area (Å²) in [6.45, 7) is 2.95. The fraction of sp³-hybridized carbons (Fsp3) is 0.409. The summed E-state index contributed by atoms with van der Waals surface area (Å²) in [7, 11) is 2.04. The third kappa shape index (κ3) is 5.65. The van der Waals surface area contributed by atoms with E-state index in [1.54, 1.807) is 11.8 Å². The second-order valence-corrected chi connectivity index (χ2v) is 8.50. The van der Waals surface area contributed by atoms with Gasteiger partial charge in [0.25, 0.3) is 0 Å². The minimum atomic E-state index is -0.215. The molecule has 0 N–H and O–H groups in total. The molecule has 1 saturated heterocycles. The Hall–Kier alpha value is -2.29. The van der Waals surface area contributed by atoms with Crippen molar-refractivity contribution >= 4 is 11.8 Å². The maximum Gasteiger partial charge on any atom is 0.191 e. The van der Waals surface area contributed by atoms with Crippen LogP contribution in [0.5, 0.6) is 0 Å². The first-order valence-electron chi connectivity index (χ1n) is 10.2. The highest BCUT2D eigenvalue weighted by molar-refractivity contribution is 7.98. The molecule has 0 saturated carbocycles. The third-order valence-corrected chi connectivity index (χ3v) is 6.06. The molecular weight excluding hydrogens is 401 g/mol. The van der Waals surface area contributed by atoms with E-state index in [0.717, 1.165) is 54.0 Å². The van der Waals surface area contributed by atoms with Crippen molar-refractivity contribution in [3.8, 4) is 0 Å². The number of rotatable bonds is 9. The van der Waals surface area contributed by atoms with Gasteiger partial charge in [-0.25, -0.2) is 4.39 Å². The Balaban J connectivity index is 1.46. The van der Waals surface area contributed by atoms with E-state index in [1.165, 1.54) is 12.1 Å². The largest absolute Gasteiger partial charge is 0.376 e. The molecule has 0 unspecified atom stereocenters. The zero-order valence-electron chi connectivity index (χ0n) is 17.1. The molecular formula is C22H26FN5OS. The lowest BCUT2D eigenvalue weighted by atomic mass is 10.2. The lowest BCUT2D eigenvalue weighted by Crippen LogP contribution is -2.23. The summed E-state index contributed by atoms with van der Waals surface area (Å²) < 4.78 is 21.2. The average Bonchev–Trinajstić information content (AvgIpc) is 3.40. The van der Waals surface area contributed by atoms with Crippen LogP contribution < -0.4 is 0 Å². The molecule has 6 nitrogen and oxygen atoms in total. The number of ether oxygens (including phenoxy) is 1. The third-order valence-electron chi connectivity index (χ3n) is 5.06. The highest BCUT2D eigenvalue weighted by Crippen LogP contribution is 2.24. The van der Waals surface area contributed by atoms with E-state index >= 15 is 0 Å². The first kappa shape index (κ1) is 21.0. The van der Waals surface area contributed by atoms with Gasteiger partial charge >= 0.3 is 0 Å². The second-order valence-electron chi connectivity index (χ2n) is 7.55. The van der Waals surface area contributed by atoms with Gasteiger partial charge in [-0.1, -0.05) is 30.0 Å². The Bertz CT molecular complexity index is 928. The van der Waals surface area contributed by atoms with Gasteiger partial charge in [0.1, 0.15) is 11.6 Å². The zero-order chi connectivity index (χ0) is 20.8. The Kier molecular flexibility index (Phi) is 7.09. The predicted octanol–water partition coefficient (Wildman–Crippen LogP) is 3.92. The van der Waals surface area contributed by atoms with Crippen molar-refractivity contribution in [2.45, 2.75) is 49.5 Å². The van der Waals surface area contributed by atoms with Crippen molar-refractivity contribution in [3.05, 3.63) is 71.6 Å². The number of pyridine rings is 1. The molecule has 0 aliphatic carbocycles. The zero-order valence-corrected chi connectivity index (χ0v) is 17.9. The fourth-order valence-corrected chi connectivity index (χ4v) is 4.42. The highest BCUT2D eigenvalue weighted by Gasteiger charge is 2.21. The molecule has 1 aliphatic rings. The minimum absolute atomic E-state index is 0.205. The topological polar surface area (TPSA) is 56.1 Å². The van der Waals surface area contributed by atoms with Gasteiger partial charge in [-0.3, -0.25) is 9.88 Å². The molecule has 0 bridgehead atoms. The maximum absolute atomic E-state index is 13.2. The molecule has 3 heterocycles. The van der Waals surface area contributed by atoms with Crippen molar-refractivity contribution in [1.82, 2.24) is 24.6 Å². The van der Waals surface area contributed by atoms with Crippen molar-refractivity contribution in [3.63, 3.8) is 0 Å². The summed E-state index contributed by atoms with van der Waals surface area (Å²) in [4.78, 5) is 6.56. The summed E-state index contributed by atoms with van der Waals surface area (Å²) in [5.74, 6) is 1.45. The van der Waals surface area contributed by atoms with Gasteiger partial charge in [0.2, 0.25) is 0 Å². The Labute approximate surface area is 180 Å². The standard InChI is InChI=1S/C22H26FN5OS/c1-27(13-17-7-9-18(23)10-8-17)15-21-25-26-22(28(21)14-20-6-4-12-29-20)30-16-19-5-2-3-11-24-19/h2-3,5,7-11,20H,4,6,12-16H2,1H3/t20-/m0/s1. The second kappa shape index (κ2) is 10.1. The molecule has 3 aromatic rings. The lowest BCUT2D eigenvalue weighted by Gasteiger charge is -2.19. The van der Waals surface area contributed by atoms with E-state index in [-0.39, 0.29) is 11.9 Å². The summed E-state index contributed by atoms with van der Waals surface area (Å²) >= 11 is 1.65. The highest BCUT2D eigenvalue weighted by atomic mass is 32.2. The van der Waals surface area contributed by atoms with Crippen LogP contribution in [0.4, 0.5) is 4.39 Å². The number of aromatic nitrogens is 4. The number of nitrogens with zero attached hydrogens (tertiary/aromatic N) is 5. The SMILES string of the molecule is CN(Cc1ccc(F)cc1)Cc1nnc(SCc2ccccn2)n1C[C@@H]1CCCO1. The van der Waals surface area contributed by atoms with Crippen molar-refractivity contribution in [2.24, 2.45) is 0 Å². The van der Waals surface area contributed by atoms with Crippen molar-refractivity contribution in [1.29, 1.82) is 0 Å². The molecule has 158 valence electrons. The van der Waals surface area contributed by atoms with Crippen LogP contribution in [0.1, 0.15) is 29.9 Å². The van der Waals surface area contributed by atoms with E-state index in [4.69, 9.17) is 4.74 Å². The molecule has 2 aromatic heterocycles. The van der Waals surface area contributed by atoms with Crippen LogP contribution in [-0.4, -0.2) is 44.4 Å². The summed E-state index contributed by atoms with van der Waals surface area (Å²) in [6.07, 6.45) is 4.18. The molecule has 8 heteroatoms. The first-order valence-corrected chi connectivity index (χ1v) is 11.2. The van der Waals surface area contributed by atoms with Crippen molar-refractivity contribution in [2.75, 3.05) is 13.7 Å². The van der Waals surface area contributed by atoms with E-state index in [2.05, 4.69) is 24.6 Å². The van der Waals surface area contributed by atoms with Crippen LogP contribution >= 0.6 is 11.8 Å². The Morgan fingerprint density at radius 1 is 1.17 bits per heavy atom. The normalized spacial score (nSPS) is 16.4. The van der Waals surface area contributed by atoms with E-state index in [9.17, 15) is 4.39 Å². The minimum Gasteiger partial charge on any atom is -0.376 e. The molecule has 1 aliphatic heterocycles. The lowest BCUT2D eigenvalue weighted by molar-refractivity contribution is 0.0934. The molecule has 1 fully saturated rings. The maximum atomic E-state index is 13.2. The van der Waals surface area contributed by atoms with Crippen LogP contribution in [0.25, 0.3) is 0 Å². The number of hydrogen-bond donors (Lipinski definition) is 0. The Morgan fingerprint density at radius 3 is 2.77 bits per heavy atom. The van der Waals surface area contributed by atoms with Crippen LogP contribution in [0.3, 0.4) is 0 Å². The molecule has 0 amide bonds. The van der Waals surface area contributed by atoms with Gasteiger partial charge in [-0.15, -0.1) is 10.2 Å². The van der Waals surface area contributed by atoms with Crippen LogP contribution in [0.15, 0.2) is 53.8 Å². The van der Waals surface area contributed by atoms with Crippen LogP contribution in [0, 0.1) is 5.82 Å². The number of hydrogen-bond acceptors (Lipinski definition) is 6. The number of thioether (sulfide) groups is 1. The smallest absolute Gasteiger partial charge is 0.191 e. The van der Waals surface area contributed by atoms with E-state index in [0.29, 0.717) is 13.1 Å². The Morgan fingerprint density at radius 2 is 2.03 bits per heavy atom. The van der Waals surface area contributed by atoms with Gasteiger partial charge in [-0.2, -0.15) is 0 Å². The van der Waals surface area contributed by atoms with E-state index < -0.39 is 0 Å². The molecule has 1 aromatic carbocycles. The molecule has 0 radical (unpaired) electrons. The monoisotopic (exact) mass is 427 g/mol. The van der Waals surface area contributed by atoms with Gasteiger partial charge < -0.3 is 9.30 Å². The van der Waals surface area contributed by atoms with Crippen LogP contribution in [-0.2, 0) is 30.1 Å². The molecule has 30 heavy (non-hydrogen) atoms.